The lowest BCUT2D eigenvalue weighted by molar-refractivity contribution is -0.0498. The fourth-order valence-electron chi connectivity index (χ4n) is 2.51. The van der Waals surface area contributed by atoms with Crippen LogP contribution in [0.25, 0.3) is 0 Å². The van der Waals surface area contributed by atoms with Crippen molar-refractivity contribution in [1.29, 1.82) is 0 Å². The van der Waals surface area contributed by atoms with Crippen LogP contribution in [-0.2, 0) is 10.0 Å². The SMILES string of the molecule is O=C(Nc1cccc(OC(F)F)c1)c1cccc(NS(=O)(=O)c2ccc(Br)cc2)c1. The topological polar surface area (TPSA) is 84.5 Å². The molecule has 0 fully saturated rings. The van der Waals surface area contributed by atoms with Gasteiger partial charge in [0.15, 0.2) is 0 Å². The summed E-state index contributed by atoms with van der Waals surface area (Å²) in [5, 5.41) is 2.55. The summed E-state index contributed by atoms with van der Waals surface area (Å²) in [6.45, 7) is -2.98. The summed E-state index contributed by atoms with van der Waals surface area (Å²) in [5.41, 5.74) is 0.616. The van der Waals surface area contributed by atoms with E-state index >= 15 is 0 Å². The highest BCUT2D eigenvalue weighted by atomic mass is 79.9. The Balaban J connectivity index is 1.75. The van der Waals surface area contributed by atoms with Gasteiger partial charge in [-0.25, -0.2) is 8.42 Å². The summed E-state index contributed by atoms with van der Waals surface area (Å²) in [6.07, 6.45) is 0. The number of ether oxygens (including phenoxy) is 1. The first-order chi connectivity index (χ1) is 14.2. The fourth-order valence-corrected chi connectivity index (χ4v) is 3.82. The van der Waals surface area contributed by atoms with E-state index in [4.69, 9.17) is 0 Å². The molecule has 0 saturated heterocycles. The number of carbonyl (C=O) groups is 1. The Labute approximate surface area is 180 Å². The first kappa shape index (κ1) is 21.7. The lowest BCUT2D eigenvalue weighted by atomic mass is 10.2. The van der Waals surface area contributed by atoms with Crippen molar-refractivity contribution < 1.29 is 26.7 Å². The Morgan fingerprint density at radius 1 is 0.933 bits per heavy atom. The summed E-state index contributed by atoms with van der Waals surface area (Å²) in [7, 11) is -3.84. The number of rotatable bonds is 7. The number of hydrogen-bond donors (Lipinski definition) is 2. The summed E-state index contributed by atoms with van der Waals surface area (Å²) in [5.74, 6) is -0.646. The van der Waals surface area contributed by atoms with Crippen molar-refractivity contribution in [2.75, 3.05) is 10.0 Å². The zero-order valence-electron chi connectivity index (χ0n) is 15.2. The monoisotopic (exact) mass is 496 g/mol. The van der Waals surface area contributed by atoms with E-state index in [0.29, 0.717) is 0 Å². The number of hydrogen-bond acceptors (Lipinski definition) is 4. The molecule has 2 N–H and O–H groups in total. The van der Waals surface area contributed by atoms with Gasteiger partial charge in [-0.2, -0.15) is 8.78 Å². The summed E-state index contributed by atoms with van der Waals surface area (Å²) < 4.78 is 57.1. The van der Waals surface area contributed by atoms with Crippen LogP contribution >= 0.6 is 15.9 Å². The molecule has 3 rings (SSSR count). The van der Waals surface area contributed by atoms with Gasteiger partial charge in [-0.15, -0.1) is 0 Å². The predicted octanol–water partition coefficient (Wildman–Crippen LogP) is 5.10. The Morgan fingerprint density at radius 2 is 1.60 bits per heavy atom. The predicted molar refractivity (Wildman–Crippen MR) is 112 cm³/mol. The van der Waals surface area contributed by atoms with E-state index in [1.54, 1.807) is 12.1 Å². The molecule has 0 aliphatic carbocycles. The zero-order chi connectivity index (χ0) is 21.7. The number of halogens is 3. The Morgan fingerprint density at radius 3 is 2.30 bits per heavy atom. The summed E-state index contributed by atoms with van der Waals surface area (Å²) >= 11 is 3.24. The molecule has 0 radical (unpaired) electrons. The van der Waals surface area contributed by atoms with Gasteiger partial charge in [-0.05, 0) is 54.6 Å². The standard InChI is InChI=1S/C20H15BrF2N2O4S/c21-14-7-9-18(10-8-14)30(27,28)25-16-5-1-3-13(11-16)19(26)24-15-4-2-6-17(12-15)29-20(22)23/h1-12,20,25H,(H,24,26). The molecule has 156 valence electrons. The van der Waals surface area contributed by atoms with Crippen molar-refractivity contribution >= 4 is 43.2 Å². The van der Waals surface area contributed by atoms with E-state index in [0.717, 1.165) is 4.47 Å². The third-order valence-corrected chi connectivity index (χ3v) is 5.74. The zero-order valence-corrected chi connectivity index (χ0v) is 17.6. The molecule has 3 aromatic carbocycles. The normalized spacial score (nSPS) is 11.2. The van der Waals surface area contributed by atoms with Crippen molar-refractivity contribution in [1.82, 2.24) is 0 Å². The van der Waals surface area contributed by atoms with E-state index in [1.165, 1.54) is 60.7 Å². The molecule has 0 aromatic heterocycles. The Kier molecular flexibility index (Phi) is 6.68. The van der Waals surface area contributed by atoms with Crippen LogP contribution in [0.1, 0.15) is 10.4 Å². The van der Waals surface area contributed by atoms with Crippen molar-refractivity contribution in [3.63, 3.8) is 0 Å². The van der Waals surface area contributed by atoms with Gasteiger partial charge in [0.2, 0.25) is 0 Å². The number of alkyl halides is 2. The molecule has 0 aliphatic rings. The number of anilines is 2. The molecule has 0 aliphatic heterocycles. The van der Waals surface area contributed by atoms with Crippen LogP contribution in [0.15, 0.2) is 82.2 Å². The molecule has 0 saturated carbocycles. The number of benzene rings is 3. The second-order valence-corrected chi connectivity index (χ2v) is 8.60. The smallest absolute Gasteiger partial charge is 0.387 e. The molecule has 3 aromatic rings. The fraction of sp³-hybridized carbons (Fsp3) is 0.0500. The van der Waals surface area contributed by atoms with Gasteiger partial charge in [0.25, 0.3) is 15.9 Å². The van der Waals surface area contributed by atoms with Gasteiger partial charge < -0.3 is 10.1 Å². The van der Waals surface area contributed by atoms with E-state index in [-0.39, 0.29) is 27.6 Å². The molecular formula is C20H15BrF2N2O4S. The molecule has 0 bridgehead atoms. The molecule has 0 atom stereocenters. The lowest BCUT2D eigenvalue weighted by Crippen LogP contribution is -2.15. The minimum absolute atomic E-state index is 0.0661. The van der Waals surface area contributed by atoms with Crippen molar-refractivity contribution in [3.05, 3.63) is 82.8 Å². The average Bonchev–Trinajstić information content (AvgIpc) is 2.68. The van der Waals surface area contributed by atoms with E-state index in [9.17, 15) is 22.0 Å². The Hall–Kier alpha value is -2.98. The van der Waals surface area contributed by atoms with E-state index in [1.807, 2.05) is 0 Å². The maximum absolute atomic E-state index is 12.5. The van der Waals surface area contributed by atoms with Crippen LogP contribution < -0.4 is 14.8 Å². The maximum atomic E-state index is 12.5. The third kappa shape index (κ3) is 5.77. The quantitative estimate of drug-likeness (QED) is 0.476. The van der Waals surface area contributed by atoms with Crippen LogP contribution in [0.4, 0.5) is 20.2 Å². The summed E-state index contributed by atoms with van der Waals surface area (Å²) in [4.78, 5) is 12.6. The highest BCUT2D eigenvalue weighted by molar-refractivity contribution is 9.10. The first-order valence-electron chi connectivity index (χ1n) is 8.48. The van der Waals surface area contributed by atoms with Gasteiger partial charge in [-0.3, -0.25) is 9.52 Å². The van der Waals surface area contributed by atoms with Gasteiger partial charge in [0.1, 0.15) is 5.75 Å². The van der Waals surface area contributed by atoms with Crippen LogP contribution in [0.5, 0.6) is 5.75 Å². The number of carbonyl (C=O) groups excluding carboxylic acids is 1. The van der Waals surface area contributed by atoms with Gasteiger partial charge >= 0.3 is 6.61 Å². The highest BCUT2D eigenvalue weighted by Gasteiger charge is 2.15. The molecule has 6 nitrogen and oxygen atoms in total. The third-order valence-electron chi connectivity index (χ3n) is 3.82. The molecule has 0 unspecified atom stereocenters. The van der Waals surface area contributed by atoms with Crippen LogP contribution in [-0.4, -0.2) is 20.9 Å². The molecular weight excluding hydrogens is 482 g/mol. The van der Waals surface area contributed by atoms with Crippen molar-refractivity contribution in [3.8, 4) is 5.75 Å². The first-order valence-corrected chi connectivity index (χ1v) is 10.8. The number of nitrogens with one attached hydrogen (secondary N) is 2. The summed E-state index contributed by atoms with van der Waals surface area (Å²) in [6, 6.07) is 17.5. The molecule has 0 spiro atoms. The van der Waals surface area contributed by atoms with E-state index < -0.39 is 22.5 Å². The molecule has 0 heterocycles. The minimum atomic E-state index is -3.84. The van der Waals surface area contributed by atoms with Crippen molar-refractivity contribution in [2.24, 2.45) is 0 Å². The second kappa shape index (κ2) is 9.23. The van der Waals surface area contributed by atoms with Gasteiger partial charge in [0, 0.05) is 27.5 Å². The van der Waals surface area contributed by atoms with E-state index in [2.05, 4.69) is 30.7 Å². The van der Waals surface area contributed by atoms with Crippen LogP contribution in [0.3, 0.4) is 0 Å². The largest absolute Gasteiger partial charge is 0.435 e. The molecule has 30 heavy (non-hydrogen) atoms. The minimum Gasteiger partial charge on any atom is -0.435 e. The van der Waals surface area contributed by atoms with Crippen LogP contribution in [0, 0.1) is 0 Å². The van der Waals surface area contributed by atoms with Gasteiger partial charge in [0.05, 0.1) is 4.90 Å². The average molecular weight is 497 g/mol. The Bertz CT molecular complexity index is 1160. The molecule has 10 heteroatoms. The number of sulfonamides is 1. The van der Waals surface area contributed by atoms with Gasteiger partial charge in [-0.1, -0.05) is 28.1 Å². The second-order valence-electron chi connectivity index (χ2n) is 6.00. The maximum Gasteiger partial charge on any atom is 0.387 e. The van der Waals surface area contributed by atoms with Crippen LogP contribution in [0.2, 0.25) is 0 Å². The van der Waals surface area contributed by atoms with Crippen molar-refractivity contribution in [2.45, 2.75) is 11.5 Å². The lowest BCUT2D eigenvalue weighted by Gasteiger charge is -2.11. The molecule has 1 amide bonds. The highest BCUT2D eigenvalue weighted by Crippen LogP contribution is 2.22. The number of amides is 1.